The van der Waals surface area contributed by atoms with Crippen LogP contribution in [0.2, 0.25) is 5.02 Å². The fourth-order valence-electron chi connectivity index (χ4n) is 0.864. The Kier molecular flexibility index (Phi) is 3.10. The van der Waals surface area contributed by atoms with Gasteiger partial charge in [0.15, 0.2) is 0 Å². The molecule has 0 amide bonds. The van der Waals surface area contributed by atoms with Crippen LogP contribution in [0, 0.1) is 5.82 Å². The van der Waals surface area contributed by atoms with Crippen LogP contribution in [-0.4, -0.2) is 18.1 Å². The summed E-state index contributed by atoms with van der Waals surface area (Å²) in [5.74, 6) is -0.959. The lowest BCUT2D eigenvalue weighted by molar-refractivity contribution is 0.233. The van der Waals surface area contributed by atoms with E-state index in [2.05, 4.69) is 0 Å². The molecule has 0 aliphatic heterocycles. The molecule has 1 aromatic rings. The number of halogens is 2. The lowest BCUT2D eigenvalue weighted by atomic mass is 10.2. The van der Waals surface area contributed by atoms with Crippen molar-refractivity contribution >= 4 is 21.7 Å². The van der Waals surface area contributed by atoms with Gasteiger partial charge in [0.2, 0.25) is 5.44 Å². The van der Waals surface area contributed by atoms with Crippen LogP contribution in [0.15, 0.2) is 18.2 Å². The van der Waals surface area contributed by atoms with Crippen LogP contribution < -0.4 is 0 Å². The van der Waals surface area contributed by atoms with Crippen LogP contribution in [0.5, 0.6) is 0 Å². The number of aliphatic hydroxyl groups excluding tert-OH is 1. The molecule has 2 N–H and O–H groups in total. The van der Waals surface area contributed by atoms with Gasteiger partial charge >= 0.3 is 0 Å². The summed E-state index contributed by atoms with van der Waals surface area (Å²) < 4.78 is 42.4. The fraction of sp³-hybridized carbons (Fsp3) is 0.143. The first-order chi connectivity index (χ1) is 6.32. The third kappa shape index (κ3) is 2.42. The van der Waals surface area contributed by atoms with Gasteiger partial charge in [-0.25, -0.2) is 4.39 Å². The number of hydrogen-bond acceptors (Lipinski definition) is 3. The Labute approximate surface area is 84.7 Å². The van der Waals surface area contributed by atoms with Gasteiger partial charge < -0.3 is 5.11 Å². The van der Waals surface area contributed by atoms with Crippen LogP contribution >= 0.6 is 11.6 Å². The second-order valence-electron chi connectivity index (χ2n) is 2.53. The summed E-state index contributed by atoms with van der Waals surface area (Å²) in [6.45, 7) is 0. The molecule has 0 aliphatic carbocycles. The van der Waals surface area contributed by atoms with Gasteiger partial charge in [-0.1, -0.05) is 11.6 Å². The molecule has 14 heavy (non-hydrogen) atoms. The van der Waals surface area contributed by atoms with Gasteiger partial charge in [0.25, 0.3) is 10.1 Å². The summed E-state index contributed by atoms with van der Waals surface area (Å²) in [5.41, 5.74) is -2.90. The van der Waals surface area contributed by atoms with E-state index in [4.69, 9.17) is 21.3 Å². The third-order valence-electron chi connectivity index (χ3n) is 1.51. The maximum absolute atomic E-state index is 13.0. The van der Waals surface area contributed by atoms with Gasteiger partial charge in [0.1, 0.15) is 5.82 Å². The van der Waals surface area contributed by atoms with Crippen molar-refractivity contribution in [2.45, 2.75) is 5.44 Å². The zero-order chi connectivity index (χ0) is 10.9. The summed E-state index contributed by atoms with van der Waals surface area (Å²) in [6, 6.07) is 3.01. The molecule has 1 rings (SSSR count). The minimum absolute atomic E-state index is 0.0594. The number of rotatable bonds is 2. The highest BCUT2D eigenvalue weighted by Crippen LogP contribution is 2.24. The Morgan fingerprint density at radius 2 is 2.00 bits per heavy atom. The number of benzene rings is 1. The van der Waals surface area contributed by atoms with Crippen LogP contribution in [0.25, 0.3) is 0 Å². The van der Waals surface area contributed by atoms with E-state index in [1.807, 2.05) is 0 Å². The normalized spacial score (nSPS) is 14.0. The summed E-state index contributed by atoms with van der Waals surface area (Å²) >= 11 is 5.46. The third-order valence-corrected chi connectivity index (χ3v) is 2.56. The van der Waals surface area contributed by atoms with Crippen molar-refractivity contribution in [1.29, 1.82) is 0 Å². The van der Waals surface area contributed by atoms with E-state index < -0.39 is 26.9 Å². The van der Waals surface area contributed by atoms with E-state index in [-0.39, 0.29) is 5.02 Å². The van der Waals surface area contributed by atoms with E-state index >= 15 is 0 Å². The van der Waals surface area contributed by atoms with Crippen molar-refractivity contribution in [2.24, 2.45) is 0 Å². The first-order valence-electron chi connectivity index (χ1n) is 3.41. The molecule has 7 heteroatoms. The van der Waals surface area contributed by atoms with Gasteiger partial charge in [0.05, 0.1) is 0 Å². The molecule has 0 aliphatic rings. The second kappa shape index (κ2) is 3.82. The highest BCUT2D eigenvalue weighted by Gasteiger charge is 2.25. The molecule has 0 fully saturated rings. The molecule has 1 atom stereocenters. The Morgan fingerprint density at radius 3 is 2.50 bits per heavy atom. The topological polar surface area (TPSA) is 74.6 Å². The van der Waals surface area contributed by atoms with Crippen molar-refractivity contribution in [3.8, 4) is 0 Å². The standard InChI is InChI=1S/C7H6ClFO4S/c8-4-1-2-6(9)5(3-4)7(10)14(11,12)13/h1-3,7,10H,(H,11,12,13). The Morgan fingerprint density at radius 1 is 1.43 bits per heavy atom. The largest absolute Gasteiger partial charge is 0.371 e. The SMILES string of the molecule is O=S(=O)(O)C(O)c1cc(Cl)ccc1F. The molecular weight excluding hydrogens is 235 g/mol. The quantitative estimate of drug-likeness (QED) is 0.766. The van der Waals surface area contributed by atoms with Crippen molar-refractivity contribution < 1.29 is 22.5 Å². The van der Waals surface area contributed by atoms with Crippen LogP contribution in [-0.2, 0) is 10.1 Å². The molecule has 1 aromatic carbocycles. The molecule has 0 bridgehead atoms. The summed E-state index contributed by atoms with van der Waals surface area (Å²) in [4.78, 5) is 0. The van der Waals surface area contributed by atoms with Gasteiger partial charge in [-0.05, 0) is 18.2 Å². The predicted octanol–water partition coefficient (Wildman–Crippen LogP) is 1.36. The van der Waals surface area contributed by atoms with Crippen molar-refractivity contribution in [1.82, 2.24) is 0 Å². The minimum atomic E-state index is -4.74. The predicted molar refractivity (Wildman–Crippen MR) is 47.9 cm³/mol. The van der Waals surface area contributed by atoms with Crippen LogP contribution in [0.3, 0.4) is 0 Å². The summed E-state index contributed by atoms with van der Waals surface area (Å²) in [5, 5.41) is 9.09. The summed E-state index contributed by atoms with van der Waals surface area (Å²) in [7, 11) is -4.74. The zero-order valence-electron chi connectivity index (χ0n) is 6.68. The molecule has 0 aromatic heterocycles. The Hall–Kier alpha value is -0.690. The molecule has 0 spiro atoms. The summed E-state index contributed by atoms with van der Waals surface area (Å²) in [6.07, 6.45) is 0. The monoisotopic (exact) mass is 240 g/mol. The maximum atomic E-state index is 13.0. The average molecular weight is 241 g/mol. The minimum Gasteiger partial charge on any atom is -0.371 e. The number of aliphatic hydroxyl groups is 1. The van der Waals surface area contributed by atoms with E-state index in [1.54, 1.807) is 0 Å². The van der Waals surface area contributed by atoms with Gasteiger partial charge in [-0.3, -0.25) is 4.55 Å². The molecule has 78 valence electrons. The molecule has 0 radical (unpaired) electrons. The van der Waals surface area contributed by atoms with Crippen molar-refractivity contribution in [2.75, 3.05) is 0 Å². The fourth-order valence-corrected chi connectivity index (χ4v) is 1.55. The Balaban J connectivity index is 3.26. The highest BCUT2D eigenvalue weighted by molar-refractivity contribution is 7.85. The lowest BCUT2D eigenvalue weighted by Gasteiger charge is -2.08. The van der Waals surface area contributed by atoms with Gasteiger partial charge in [-0.2, -0.15) is 8.42 Å². The number of hydrogen-bond donors (Lipinski definition) is 2. The van der Waals surface area contributed by atoms with Crippen LogP contribution in [0.4, 0.5) is 4.39 Å². The molecule has 0 saturated heterocycles. The van der Waals surface area contributed by atoms with E-state index in [1.165, 1.54) is 6.07 Å². The van der Waals surface area contributed by atoms with Gasteiger partial charge in [0, 0.05) is 10.6 Å². The maximum Gasteiger partial charge on any atom is 0.296 e. The molecule has 4 nitrogen and oxygen atoms in total. The second-order valence-corrected chi connectivity index (χ2v) is 4.45. The molecular formula is C7H6ClFO4S. The van der Waals surface area contributed by atoms with Crippen molar-refractivity contribution in [3.63, 3.8) is 0 Å². The van der Waals surface area contributed by atoms with E-state index in [0.717, 1.165) is 12.1 Å². The van der Waals surface area contributed by atoms with Crippen molar-refractivity contribution in [3.05, 3.63) is 34.6 Å². The molecule has 0 saturated carbocycles. The molecule has 0 heterocycles. The Bertz CT molecular complexity index is 445. The highest BCUT2D eigenvalue weighted by atomic mass is 35.5. The first kappa shape index (κ1) is 11.4. The van der Waals surface area contributed by atoms with E-state index in [9.17, 15) is 12.8 Å². The first-order valence-corrected chi connectivity index (χ1v) is 5.30. The average Bonchev–Trinajstić information content (AvgIpc) is 2.06. The van der Waals surface area contributed by atoms with E-state index in [0.29, 0.717) is 0 Å². The zero-order valence-corrected chi connectivity index (χ0v) is 8.26. The lowest BCUT2D eigenvalue weighted by Crippen LogP contribution is -2.12. The van der Waals surface area contributed by atoms with Crippen LogP contribution in [0.1, 0.15) is 11.0 Å². The van der Waals surface area contributed by atoms with Gasteiger partial charge in [-0.15, -0.1) is 0 Å². The molecule has 1 unspecified atom stereocenters. The smallest absolute Gasteiger partial charge is 0.296 e.